The van der Waals surface area contributed by atoms with Crippen LogP contribution in [0.5, 0.6) is 0 Å². The molecule has 18 heavy (non-hydrogen) atoms. The van der Waals surface area contributed by atoms with E-state index >= 15 is 0 Å². The van der Waals surface area contributed by atoms with Gasteiger partial charge in [-0.2, -0.15) is 0 Å². The first-order valence-electron chi connectivity index (χ1n) is 6.74. The number of imidazole rings is 1. The Hall–Kier alpha value is -1.36. The summed E-state index contributed by atoms with van der Waals surface area (Å²) in [4.78, 5) is 16.3. The first-order chi connectivity index (χ1) is 8.74. The number of nitrogens with one attached hydrogen (secondary N) is 2. The van der Waals surface area contributed by atoms with Crippen LogP contribution in [0.15, 0.2) is 12.4 Å². The monoisotopic (exact) mass is 248 g/mol. The molecule has 2 N–H and O–H groups in total. The quantitative estimate of drug-likeness (QED) is 0.801. The fourth-order valence-electron chi connectivity index (χ4n) is 3.18. The molecule has 1 aromatic heterocycles. The summed E-state index contributed by atoms with van der Waals surface area (Å²) in [6.07, 6.45) is 7.92. The Balaban J connectivity index is 1.46. The third-order valence-electron chi connectivity index (χ3n) is 4.21. The lowest BCUT2D eigenvalue weighted by Crippen LogP contribution is -2.38. The van der Waals surface area contributed by atoms with Crippen LogP contribution in [0, 0.1) is 5.92 Å². The Morgan fingerprint density at radius 1 is 1.61 bits per heavy atom. The van der Waals surface area contributed by atoms with Gasteiger partial charge < -0.3 is 15.2 Å². The van der Waals surface area contributed by atoms with E-state index in [1.54, 1.807) is 6.20 Å². The van der Waals surface area contributed by atoms with Crippen molar-refractivity contribution in [2.24, 2.45) is 13.0 Å². The summed E-state index contributed by atoms with van der Waals surface area (Å²) in [5.74, 6) is 1.41. The van der Waals surface area contributed by atoms with Crippen LogP contribution < -0.4 is 10.6 Å². The van der Waals surface area contributed by atoms with Crippen LogP contribution in [-0.2, 0) is 18.3 Å². The smallest absolute Gasteiger partial charge is 0.224 e. The third-order valence-corrected chi connectivity index (χ3v) is 4.21. The molecule has 2 fully saturated rings. The second kappa shape index (κ2) is 4.72. The molecule has 2 aliphatic heterocycles. The molecule has 0 aliphatic carbocycles. The Morgan fingerprint density at radius 2 is 2.50 bits per heavy atom. The molecular weight excluding hydrogens is 228 g/mol. The van der Waals surface area contributed by atoms with Crippen molar-refractivity contribution in [2.45, 2.75) is 37.8 Å². The van der Waals surface area contributed by atoms with Crippen molar-refractivity contribution in [1.82, 2.24) is 20.2 Å². The number of nitrogens with zero attached hydrogens (tertiary/aromatic N) is 2. The van der Waals surface area contributed by atoms with Crippen LogP contribution in [0.4, 0.5) is 0 Å². The molecule has 5 heteroatoms. The van der Waals surface area contributed by atoms with Gasteiger partial charge >= 0.3 is 0 Å². The van der Waals surface area contributed by atoms with E-state index in [1.807, 2.05) is 17.8 Å². The molecule has 1 aromatic rings. The lowest BCUT2D eigenvalue weighted by molar-refractivity contribution is -0.125. The molecule has 0 aromatic carbocycles. The van der Waals surface area contributed by atoms with Crippen molar-refractivity contribution in [1.29, 1.82) is 0 Å². The van der Waals surface area contributed by atoms with Crippen LogP contribution >= 0.6 is 0 Å². The highest BCUT2D eigenvalue weighted by atomic mass is 16.1. The number of rotatable bonds is 4. The number of hydrogen-bond acceptors (Lipinski definition) is 3. The molecule has 2 saturated heterocycles. The maximum absolute atomic E-state index is 12.1. The van der Waals surface area contributed by atoms with Gasteiger partial charge in [-0.05, 0) is 19.3 Å². The number of hydrogen-bond donors (Lipinski definition) is 2. The molecule has 1 amide bonds. The van der Waals surface area contributed by atoms with Crippen LogP contribution in [0.25, 0.3) is 0 Å². The summed E-state index contributed by atoms with van der Waals surface area (Å²) in [6.45, 7) is 0.678. The van der Waals surface area contributed by atoms with Gasteiger partial charge in [0.1, 0.15) is 5.82 Å². The number of carbonyl (C=O) groups is 1. The van der Waals surface area contributed by atoms with Gasteiger partial charge in [0.2, 0.25) is 5.91 Å². The molecule has 3 atom stereocenters. The molecule has 3 heterocycles. The lowest BCUT2D eigenvalue weighted by atomic mass is 9.88. The highest BCUT2D eigenvalue weighted by molar-refractivity contribution is 5.80. The van der Waals surface area contributed by atoms with E-state index in [-0.39, 0.29) is 11.8 Å². The van der Waals surface area contributed by atoms with Gasteiger partial charge in [-0.15, -0.1) is 0 Å². The second-order valence-electron chi connectivity index (χ2n) is 5.39. The minimum atomic E-state index is 0.185. The zero-order valence-corrected chi connectivity index (χ0v) is 10.7. The van der Waals surface area contributed by atoms with Crippen LogP contribution in [0.1, 0.15) is 25.1 Å². The molecule has 0 radical (unpaired) electrons. The van der Waals surface area contributed by atoms with Gasteiger partial charge in [0.25, 0.3) is 0 Å². The molecule has 5 nitrogen and oxygen atoms in total. The van der Waals surface area contributed by atoms with Gasteiger partial charge in [0.05, 0.1) is 5.92 Å². The van der Waals surface area contributed by atoms with Crippen LogP contribution in [0.3, 0.4) is 0 Å². The zero-order valence-electron chi connectivity index (χ0n) is 10.7. The lowest BCUT2D eigenvalue weighted by Gasteiger charge is -2.19. The van der Waals surface area contributed by atoms with Gasteiger partial charge in [-0.25, -0.2) is 4.98 Å². The minimum Gasteiger partial charge on any atom is -0.355 e. The summed E-state index contributed by atoms with van der Waals surface area (Å²) in [5, 5.41) is 6.54. The van der Waals surface area contributed by atoms with E-state index in [9.17, 15) is 4.79 Å². The van der Waals surface area contributed by atoms with E-state index in [0.717, 1.165) is 25.1 Å². The van der Waals surface area contributed by atoms with E-state index in [4.69, 9.17) is 0 Å². The number of amides is 1. The van der Waals surface area contributed by atoms with E-state index in [2.05, 4.69) is 15.6 Å². The van der Waals surface area contributed by atoms with Crippen molar-refractivity contribution in [3.63, 3.8) is 0 Å². The Kier molecular flexibility index (Phi) is 3.07. The third kappa shape index (κ3) is 2.14. The van der Waals surface area contributed by atoms with Crippen molar-refractivity contribution in [2.75, 3.05) is 6.54 Å². The number of carbonyl (C=O) groups excluding carboxylic acids is 1. The fraction of sp³-hybridized carbons (Fsp3) is 0.692. The van der Waals surface area contributed by atoms with Gasteiger partial charge in [0.15, 0.2) is 0 Å². The molecular formula is C13H20N4O. The van der Waals surface area contributed by atoms with Crippen LogP contribution in [0.2, 0.25) is 0 Å². The van der Waals surface area contributed by atoms with E-state index in [1.165, 1.54) is 6.42 Å². The van der Waals surface area contributed by atoms with Gasteiger partial charge in [-0.3, -0.25) is 4.79 Å². The highest BCUT2D eigenvalue weighted by Gasteiger charge is 2.42. The first-order valence-corrected chi connectivity index (χ1v) is 6.74. The predicted octanol–water partition coefficient (Wildman–Crippen LogP) is 0.219. The Bertz CT molecular complexity index is 442. The topological polar surface area (TPSA) is 59.0 Å². The maximum Gasteiger partial charge on any atom is 0.224 e. The Morgan fingerprint density at radius 3 is 3.11 bits per heavy atom. The summed E-state index contributed by atoms with van der Waals surface area (Å²) in [5.41, 5.74) is 0. The fourth-order valence-corrected chi connectivity index (χ4v) is 3.18. The summed E-state index contributed by atoms with van der Waals surface area (Å²) in [7, 11) is 1.98. The van der Waals surface area contributed by atoms with Gasteiger partial charge in [-0.1, -0.05) is 0 Å². The molecule has 98 valence electrons. The summed E-state index contributed by atoms with van der Waals surface area (Å²) < 4.78 is 1.99. The highest BCUT2D eigenvalue weighted by Crippen LogP contribution is 2.33. The molecule has 0 saturated carbocycles. The molecule has 2 aliphatic rings. The standard InChI is InChI=1S/C13H20N4O/c1-17-7-6-14-12(17)4-5-15-13(18)10-8-9-2-3-11(10)16-9/h6-7,9-11,16H,2-5,8H2,1H3,(H,15,18). The SMILES string of the molecule is Cn1ccnc1CCNC(=O)C1CC2CCC1N2. The maximum atomic E-state index is 12.1. The minimum absolute atomic E-state index is 0.185. The molecule has 0 spiro atoms. The summed E-state index contributed by atoms with van der Waals surface area (Å²) >= 11 is 0. The Labute approximate surface area is 107 Å². The molecule has 3 rings (SSSR count). The molecule has 2 bridgehead atoms. The van der Waals surface area contributed by atoms with Crippen LogP contribution in [-0.4, -0.2) is 34.1 Å². The van der Waals surface area contributed by atoms with Crippen molar-refractivity contribution in [3.05, 3.63) is 18.2 Å². The van der Waals surface area contributed by atoms with E-state index in [0.29, 0.717) is 18.6 Å². The normalized spacial score (nSPS) is 29.7. The van der Waals surface area contributed by atoms with Gasteiger partial charge in [0, 0.05) is 44.5 Å². The van der Waals surface area contributed by atoms with Crippen molar-refractivity contribution in [3.8, 4) is 0 Å². The van der Waals surface area contributed by atoms with Crippen molar-refractivity contribution < 1.29 is 4.79 Å². The molecule has 3 unspecified atom stereocenters. The van der Waals surface area contributed by atoms with E-state index < -0.39 is 0 Å². The largest absolute Gasteiger partial charge is 0.355 e. The number of fused-ring (bicyclic) bond motifs is 2. The number of aromatic nitrogens is 2. The predicted molar refractivity (Wildman–Crippen MR) is 68.0 cm³/mol. The average Bonchev–Trinajstić information content (AvgIpc) is 3.06. The second-order valence-corrected chi connectivity index (χ2v) is 5.39. The summed E-state index contributed by atoms with van der Waals surface area (Å²) in [6, 6.07) is 1.00. The number of aryl methyl sites for hydroxylation is 1. The van der Waals surface area contributed by atoms with Crippen molar-refractivity contribution >= 4 is 5.91 Å². The zero-order chi connectivity index (χ0) is 12.5. The average molecular weight is 248 g/mol. The first kappa shape index (κ1) is 11.7.